The van der Waals surface area contributed by atoms with Crippen molar-refractivity contribution in [2.45, 2.75) is 13.3 Å². The van der Waals surface area contributed by atoms with Crippen LogP contribution in [0.4, 0.5) is 15.0 Å². The van der Waals surface area contributed by atoms with Gasteiger partial charge in [0.15, 0.2) is 0 Å². The minimum atomic E-state index is -0.302. The van der Waals surface area contributed by atoms with Crippen LogP contribution in [-0.2, 0) is 6.42 Å². The molecule has 0 aliphatic carbocycles. The van der Waals surface area contributed by atoms with Crippen molar-refractivity contribution in [2.24, 2.45) is 0 Å². The Labute approximate surface area is 117 Å². The molecule has 0 saturated heterocycles. The lowest BCUT2D eigenvalue weighted by molar-refractivity contribution is 0.252. The van der Waals surface area contributed by atoms with Crippen LogP contribution in [0, 0.1) is 12.7 Å². The molecule has 0 atom stereocenters. The van der Waals surface area contributed by atoms with Gasteiger partial charge in [0.25, 0.3) is 0 Å². The summed E-state index contributed by atoms with van der Waals surface area (Å²) in [6, 6.07) is 9.55. The Balaban J connectivity index is 1.75. The van der Waals surface area contributed by atoms with Gasteiger partial charge in [-0.3, -0.25) is 5.32 Å². The number of carbonyl (C=O) groups is 1. The number of nitrogens with one attached hydrogen (secondary N) is 2. The number of nitrogens with zero attached hydrogens (tertiary/aromatic N) is 1. The summed E-state index contributed by atoms with van der Waals surface area (Å²) < 4.78 is 12.7. The summed E-state index contributed by atoms with van der Waals surface area (Å²) in [6.07, 6.45) is 2.34. The third-order valence-corrected chi connectivity index (χ3v) is 2.77. The maximum Gasteiger partial charge on any atom is 0.320 e. The first-order chi connectivity index (χ1) is 9.63. The van der Waals surface area contributed by atoms with Crippen LogP contribution in [-0.4, -0.2) is 17.6 Å². The molecule has 104 valence electrons. The molecule has 2 rings (SSSR count). The highest BCUT2D eigenvalue weighted by Gasteiger charge is 2.02. The second kappa shape index (κ2) is 6.65. The zero-order valence-corrected chi connectivity index (χ0v) is 11.2. The molecular weight excluding hydrogens is 257 g/mol. The van der Waals surface area contributed by atoms with Crippen molar-refractivity contribution in [3.8, 4) is 0 Å². The first kappa shape index (κ1) is 14.0. The fourth-order valence-electron chi connectivity index (χ4n) is 1.67. The molecule has 1 heterocycles. The van der Waals surface area contributed by atoms with E-state index in [1.165, 1.54) is 12.1 Å². The average molecular weight is 273 g/mol. The van der Waals surface area contributed by atoms with Crippen LogP contribution in [0.5, 0.6) is 0 Å². The molecule has 0 unspecified atom stereocenters. The molecule has 1 aromatic carbocycles. The zero-order chi connectivity index (χ0) is 14.4. The van der Waals surface area contributed by atoms with Gasteiger partial charge in [0, 0.05) is 12.7 Å². The molecule has 0 saturated carbocycles. The highest BCUT2D eigenvalue weighted by Crippen LogP contribution is 2.04. The highest BCUT2D eigenvalue weighted by molar-refractivity contribution is 5.88. The Morgan fingerprint density at radius 1 is 1.20 bits per heavy atom. The second-order valence-electron chi connectivity index (χ2n) is 4.48. The quantitative estimate of drug-likeness (QED) is 0.900. The molecule has 2 aromatic rings. The fraction of sp³-hybridized carbons (Fsp3) is 0.200. The lowest BCUT2D eigenvalue weighted by atomic mass is 10.1. The van der Waals surface area contributed by atoms with E-state index in [1.807, 2.05) is 13.0 Å². The number of hydrogen-bond donors (Lipinski definition) is 2. The molecule has 2 amide bonds. The number of amides is 2. The van der Waals surface area contributed by atoms with E-state index in [2.05, 4.69) is 15.6 Å². The van der Waals surface area contributed by atoms with E-state index in [0.717, 1.165) is 11.1 Å². The van der Waals surface area contributed by atoms with Crippen LogP contribution in [0.25, 0.3) is 0 Å². The van der Waals surface area contributed by atoms with E-state index in [1.54, 1.807) is 24.4 Å². The number of carbonyl (C=O) groups excluding carboxylic acids is 1. The number of urea groups is 1. The number of aryl methyl sites for hydroxylation is 1. The number of anilines is 1. The molecular formula is C15H16FN3O. The Kier molecular flexibility index (Phi) is 4.65. The Bertz CT molecular complexity index is 567. The van der Waals surface area contributed by atoms with Gasteiger partial charge in [-0.1, -0.05) is 18.2 Å². The van der Waals surface area contributed by atoms with E-state index in [9.17, 15) is 9.18 Å². The van der Waals surface area contributed by atoms with Crippen molar-refractivity contribution < 1.29 is 9.18 Å². The fourth-order valence-corrected chi connectivity index (χ4v) is 1.67. The van der Waals surface area contributed by atoms with Gasteiger partial charge in [-0.25, -0.2) is 14.2 Å². The number of halogens is 1. The number of aromatic nitrogens is 1. The predicted octanol–water partition coefficient (Wildman–Crippen LogP) is 2.89. The molecule has 0 aliphatic rings. The van der Waals surface area contributed by atoms with Gasteiger partial charge in [-0.2, -0.15) is 0 Å². The van der Waals surface area contributed by atoms with Crippen molar-refractivity contribution in [1.82, 2.24) is 10.3 Å². The van der Waals surface area contributed by atoms with Gasteiger partial charge in [0.2, 0.25) is 0 Å². The Morgan fingerprint density at radius 3 is 2.60 bits per heavy atom. The van der Waals surface area contributed by atoms with Crippen molar-refractivity contribution in [3.63, 3.8) is 0 Å². The number of benzene rings is 1. The number of rotatable bonds is 4. The summed E-state index contributed by atoms with van der Waals surface area (Å²) in [4.78, 5) is 15.7. The van der Waals surface area contributed by atoms with Crippen LogP contribution in [0.15, 0.2) is 42.6 Å². The second-order valence-corrected chi connectivity index (χ2v) is 4.48. The van der Waals surface area contributed by atoms with E-state index in [0.29, 0.717) is 18.8 Å². The van der Waals surface area contributed by atoms with Gasteiger partial charge < -0.3 is 5.32 Å². The van der Waals surface area contributed by atoms with Gasteiger partial charge in [0.05, 0.1) is 0 Å². The Hall–Kier alpha value is -2.43. The minimum absolute atomic E-state index is 0.259. The van der Waals surface area contributed by atoms with Gasteiger partial charge >= 0.3 is 6.03 Å². The largest absolute Gasteiger partial charge is 0.337 e. The first-order valence-electron chi connectivity index (χ1n) is 6.35. The summed E-state index contributed by atoms with van der Waals surface area (Å²) in [5, 5.41) is 5.37. The molecule has 0 spiro atoms. The van der Waals surface area contributed by atoms with Gasteiger partial charge in [0.1, 0.15) is 11.6 Å². The molecule has 5 heteroatoms. The third-order valence-electron chi connectivity index (χ3n) is 2.77. The lowest BCUT2D eigenvalue weighted by Crippen LogP contribution is -2.30. The van der Waals surface area contributed by atoms with Crippen molar-refractivity contribution in [3.05, 3.63) is 59.5 Å². The van der Waals surface area contributed by atoms with Crippen LogP contribution in [0.2, 0.25) is 0 Å². The standard InChI is InChI=1S/C15H16FN3O/c1-11-2-7-14(18-10-11)19-15(20)17-9-8-12-3-5-13(16)6-4-12/h2-7,10H,8-9H2,1H3,(H2,17,18,19,20). The minimum Gasteiger partial charge on any atom is -0.337 e. The monoisotopic (exact) mass is 273 g/mol. The van der Waals surface area contributed by atoms with Gasteiger partial charge in [-0.05, 0) is 42.7 Å². The maximum absolute atomic E-state index is 12.7. The predicted molar refractivity (Wildman–Crippen MR) is 76.1 cm³/mol. The Morgan fingerprint density at radius 2 is 1.95 bits per heavy atom. The highest BCUT2D eigenvalue weighted by atomic mass is 19.1. The topological polar surface area (TPSA) is 54.0 Å². The molecule has 1 aromatic heterocycles. The normalized spacial score (nSPS) is 10.1. The molecule has 0 radical (unpaired) electrons. The summed E-state index contributed by atoms with van der Waals surface area (Å²) in [5.74, 6) is 0.250. The summed E-state index contributed by atoms with van der Waals surface area (Å²) in [7, 11) is 0. The zero-order valence-electron chi connectivity index (χ0n) is 11.2. The molecule has 0 fully saturated rings. The van der Waals surface area contributed by atoms with E-state index < -0.39 is 0 Å². The molecule has 2 N–H and O–H groups in total. The smallest absolute Gasteiger partial charge is 0.320 e. The molecule has 4 nitrogen and oxygen atoms in total. The maximum atomic E-state index is 12.7. The van der Waals surface area contributed by atoms with Crippen molar-refractivity contribution in [2.75, 3.05) is 11.9 Å². The summed E-state index contributed by atoms with van der Waals surface area (Å²) in [6.45, 7) is 2.41. The molecule has 0 bridgehead atoms. The number of pyridine rings is 1. The third kappa shape index (κ3) is 4.35. The van der Waals surface area contributed by atoms with Crippen LogP contribution < -0.4 is 10.6 Å². The van der Waals surface area contributed by atoms with Gasteiger partial charge in [-0.15, -0.1) is 0 Å². The first-order valence-corrected chi connectivity index (χ1v) is 6.35. The number of hydrogen-bond acceptors (Lipinski definition) is 2. The molecule has 20 heavy (non-hydrogen) atoms. The van der Waals surface area contributed by atoms with E-state index in [4.69, 9.17) is 0 Å². The lowest BCUT2D eigenvalue weighted by Gasteiger charge is -2.07. The molecule has 0 aliphatic heterocycles. The average Bonchev–Trinajstić information content (AvgIpc) is 2.44. The van der Waals surface area contributed by atoms with Crippen molar-refractivity contribution >= 4 is 11.8 Å². The van der Waals surface area contributed by atoms with Crippen LogP contribution in [0.3, 0.4) is 0 Å². The SMILES string of the molecule is Cc1ccc(NC(=O)NCCc2ccc(F)cc2)nc1. The van der Waals surface area contributed by atoms with E-state index >= 15 is 0 Å². The van der Waals surface area contributed by atoms with E-state index in [-0.39, 0.29) is 11.8 Å². The van der Waals surface area contributed by atoms with Crippen LogP contribution in [0.1, 0.15) is 11.1 Å². The summed E-state index contributed by atoms with van der Waals surface area (Å²) >= 11 is 0. The van der Waals surface area contributed by atoms with Crippen molar-refractivity contribution in [1.29, 1.82) is 0 Å². The summed E-state index contributed by atoms with van der Waals surface area (Å²) in [5.41, 5.74) is 2.01. The van der Waals surface area contributed by atoms with Crippen LogP contribution >= 0.6 is 0 Å².